The Morgan fingerprint density at radius 1 is 1.86 bits per heavy atom. The minimum absolute atomic E-state index is 0.299. The molecule has 0 aliphatic rings. The van der Waals surface area contributed by atoms with Crippen molar-refractivity contribution in [3.05, 3.63) is 12.8 Å². The molecule has 0 rings (SSSR count). The average molecular weight is 101 g/mol. The van der Waals surface area contributed by atoms with Crippen LogP contribution < -0.4 is 0 Å². The van der Waals surface area contributed by atoms with Crippen molar-refractivity contribution < 1.29 is 9.90 Å². The van der Waals surface area contributed by atoms with E-state index in [0.29, 0.717) is 6.41 Å². The number of carbonyl (C=O) groups is 1. The second-order valence-corrected chi connectivity index (χ2v) is 0.944. The second kappa shape index (κ2) is 3.36. The summed E-state index contributed by atoms with van der Waals surface area (Å²) in [5.41, 5.74) is 0. The molecule has 0 aliphatic heterocycles. The van der Waals surface area contributed by atoms with Crippen LogP contribution in [0.15, 0.2) is 12.8 Å². The van der Waals surface area contributed by atoms with Crippen LogP contribution in [0.5, 0.6) is 0 Å². The first-order chi connectivity index (χ1) is 3.35. The Morgan fingerprint density at radius 2 is 2.43 bits per heavy atom. The smallest absolute Gasteiger partial charge is 0.215 e. The molecule has 0 aromatic rings. The summed E-state index contributed by atoms with van der Waals surface area (Å²) in [5.74, 6) is 0. The highest BCUT2D eigenvalue weighted by Crippen LogP contribution is 1.74. The van der Waals surface area contributed by atoms with Crippen molar-refractivity contribution in [1.82, 2.24) is 4.90 Å². The third-order valence-electron chi connectivity index (χ3n) is 0.533. The van der Waals surface area contributed by atoms with Gasteiger partial charge in [-0.1, -0.05) is 6.58 Å². The molecule has 0 saturated heterocycles. The lowest BCUT2D eigenvalue weighted by Gasteiger charge is -2.02. The van der Waals surface area contributed by atoms with E-state index < -0.39 is 0 Å². The zero-order valence-corrected chi connectivity index (χ0v) is 3.87. The third-order valence-corrected chi connectivity index (χ3v) is 0.533. The molecular weight excluding hydrogens is 94.0 g/mol. The number of aliphatic hydroxyl groups excluding tert-OH is 1. The van der Waals surface area contributed by atoms with Crippen LogP contribution in [0.3, 0.4) is 0 Å². The maximum atomic E-state index is 9.66. The lowest BCUT2D eigenvalue weighted by atomic mass is 10.8. The molecule has 0 heterocycles. The molecule has 40 valence electrons. The Hall–Kier alpha value is -0.830. The predicted octanol–water partition coefficient (Wildman–Crippen LogP) is -0.462. The third kappa shape index (κ3) is 1.94. The fourth-order valence-corrected chi connectivity index (χ4v) is 0.134. The van der Waals surface area contributed by atoms with Crippen molar-refractivity contribution in [1.29, 1.82) is 0 Å². The molecular formula is C4H7NO2. The van der Waals surface area contributed by atoms with E-state index in [4.69, 9.17) is 5.11 Å². The van der Waals surface area contributed by atoms with Crippen molar-refractivity contribution in [3.63, 3.8) is 0 Å². The van der Waals surface area contributed by atoms with Crippen LogP contribution in [0, 0.1) is 0 Å². The Kier molecular flexibility index (Phi) is 2.96. The standard InChI is InChI=1S/C4H7NO2/c1-2-5(3-6)4-7/h2-3,7H,1,4H2. The molecule has 0 bridgehead atoms. The minimum Gasteiger partial charge on any atom is -0.376 e. The molecule has 0 spiro atoms. The van der Waals surface area contributed by atoms with Gasteiger partial charge in [-0.3, -0.25) is 9.69 Å². The summed E-state index contributed by atoms with van der Waals surface area (Å²) in [7, 11) is 0. The van der Waals surface area contributed by atoms with Crippen LogP contribution in [-0.4, -0.2) is 23.1 Å². The summed E-state index contributed by atoms with van der Waals surface area (Å²) >= 11 is 0. The molecule has 3 nitrogen and oxygen atoms in total. The van der Waals surface area contributed by atoms with E-state index in [9.17, 15) is 4.79 Å². The normalized spacial score (nSPS) is 7.57. The first-order valence-electron chi connectivity index (χ1n) is 1.79. The van der Waals surface area contributed by atoms with Gasteiger partial charge in [0, 0.05) is 6.20 Å². The van der Waals surface area contributed by atoms with E-state index in [0.717, 1.165) is 4.90 Å². The highest BCUT2D eigenvalue weighted by molar-refractivity contribution is 5.48. The highest BCUT2D eigenvalue weighted by Gasteiger charge is 1.84. The fraction of sp³-hybridized carbons (Fsp3) is 0.250. The van der Waals surface area contributed by atoms with Gasteiger partial charge in [0.1, 0.15) is 6.73 Å². The van der Waals surface area contributed by atoms with Crippen LogP contribution in [0.1, 0.15) is 0 Å². The van der Waals surface area contributed by atoms with Gasteiger partial charge in [0.15, 0.2) is 0 Å². The molecule has 1 N–H and O–H groups in total. The van der Waals surface area contributed by atoms with E-state index >= 15 is 0 Å². The number of amides is 1. The first kappa shape index (κ1) is 6.17. The van der Waals surface area contributed by atoms with Crippen molar-refractivity contribution >= 4 is 6.41 Å². The molecule has 0 aromatic heterocycles. The van der Waals surface area contributed by atoms with Crippen molar-refractivity contribution in [3.8, 4) is 0 Å². The molecule has 0 aromatic carbocycles. The molecule has 0 radical (unpaired) electrons. The van der Waals surface area contributed by atoms with E-state index in [1.165, 1.54) is 6.20 Å². The van der Waals surface area contributed by atoms with Crippen molar-refractivity contribution in [2.24, 2.45) is 0 Å². The zero-order valence-electron chi connectivity index (χ0n) is 3.87. The van der Waals surface area contributed by atoms with Gasteiger partial charge in [0.2, 0.25) is 6.41 Å². The van der Waals surface area contributed by atoms with E-state index in [1.54, 1.807) is 0 Å². The summed E-state index contributed by atoms with van der Waals surface area (Å²) < 4.78 is 0. The molecule has 0 unspecified atom stereocenters. The Bertz CT molecular complexity index is 64.1. The molecule has 0 aliphatic carbocycles. The van der Waals surface area contributed by atoms with Crippen molar-refractivity contribution in [2.75, 3.05) is 6.73 Å². The SMILES string of the molecule is C=CN(C=O)CO. The Labute approximate surface area is 41.9 Å². The van der Waals surface area contributed by atoms with Gasteiger partial charge in [-0.05, 0) is 0 Å². The summed E-state index contributed by atoms with van der Waals surface area (Å²) in [6.45, 7) is 2.94. The quantitative estimate of drug-likeness (QED) is 0.386. The van der Waals surface area contributed by atoms with Crippen LogP contribution in [-0.2, 0) is 4.79 Å². The second-order valence-electron chi connectivity index (χ2n) is 0.944. The number of carbonyl (C=O) groups excluding carboxylic acids is 1. The highest BCUT2D eigenvalue weighted by atomic mass is 16.3. The maximum Gasteiger partial charge on any atom is 0.215 e. The summed E-state index contributed by atoms with van der Waals surface area (Å²) in [6, 6.07) is 0. The molecule has 0 atom stereocenters. The molecule has 0 fully saturated rings. The van der Waals surface area contributed by atoms with Gasteiger partial charge >= 0.3 is 0 Å². The molecule has 7 heavy (non-hydrogen) atoms. The summed E-state index contributed by atoms with van der Waals surface area (Å²) in [5, 5.41) is 8.15. The maximum absolute atomic E-state index is 9.66. The van der Waals surface area contributed by atoms with Gasteiger partial charge in [-0.25, -0.2) is 0 Å². The molecule has 0 saturated carbocycles. The minimum atomic E-state index is -0.299. The van der Waals surface area contributed by atoms with Gasteiger partial charge in [-0.15, -0.1) is 0 Å². The van der Waals surface area contributed by atoms with Crippen molar-refractivity contribution in [2.45, 2.75) is 0 Å². The average Bonchev–Trinajstić information content (AvgIpc) is 1.72. The number of hydrogen-bond acceptors (Lipinski definition) is 2. The number of aliphatic hydroxyl groups is 1. The predicted molar refractivity (Wildman–Crippen MR) is 25.2 cm³/mol. The van der Waals surface area contributed by atoms with E-state index in [1.807, 2.05) is 0 Å². The van der Waals surface area contributed by atoms with Gasteiger partial charge in [0.05, 0.1) is 0 Å². The summed E-state index contributed by atoms with van der Waals surface area (Å²) in [4.78, 5) is 10.7. The lowest BCUT2D eigenvalue weighted by Crippen LogP contribution is -2.14. The Balaban J connectivity index is 3.36. The van der Waals surface area contributed by atoms with Crippen LogP contribution in [0.4, 0.5) is 0 Å². The van der Waals surface area contributed by atoms with E-state index in [-0.39, 0.29) is 6.73 Å². The number of nitrogens with zero attached hydrogens (tertiary/aromatic N) is 1. The lowest BCUT2D eigenvalue weighted by molar-refractivity contribution is -0.118. The number of hydrogen-bond donors (Lipinski definition) is 1. The first-order valence-corrected chi connectivity index (χ1v) is 1.79. The molecule has 3 heteroatoms. The van der Waals surface area contributed by atoms with Crippen LogP contribution in [0.2, 0.25) is 0 Å². The number of rotatable bonds is 3. The monoisotopic (exact) mass is 101 g/mol. The van der Waals surface area contributed by atoms with Gasteiger partial charge < -0.3 is 5.11 Å². The topological polar surface area (TPSA) is 40.5 Å². The van der Waals surface area contributed by atoms with Gasteiger partial charge in [0.25, 0.3) is 0 Å². The fourth-order valence-electron chi connectivity index (χ4n) is 0.134. The van der Waals surface area contributed by atoms with Crippen LogP contribution in [0.25, 0.3) is 0 Å². The molecule has 1 amide bonds. The van der Waals surface area contributed by atoms with E-state index in [2.05, 4.69) is 6.58 Å². The van der Waals surface area contributed by atoms with Crippen LogP contribution >= 0.6 is 0 Å². The summed E-state index contributed by atoms with van der Waals surface area (Å²) in [6.07, 6.45) is 1.74. The largest absolute Gasteiger partial charge is 0.376 e. The van der Waals surface area contributed by atoms with Gasteiger partial charge in [-0.2, -0.15) is 0 Å². The zero-order chi connectivity index (χ0) is 5.70. The Morgan fingerprint density at radius 3 is 2.43 bits per heavy atom.